The van der Waals surface area contributed by atoms with Crippen molar-refractivity contribution in [3.05, 3.63) is 47.5 Å². The monoisotopic (exact) mass is 329 g/mol. The lowest BCUT2D eigenvalue weighted by molar-refractivity contribution is -0.114. The molecule has 0 amide bonds. The molecule has 0 aliphatic rings. The predicted octanol–water partition coefficient (Wildman–Crippen LogP) is 2.29. The van der Waals surface area contributed by atoms with Crippen LogP contribution in [0.1, 0.15) is 15.9 Å². The Kier molecular flexibility index (Phi) is 5.42. The highest BCUT2D eigenvalue weighted by molar-refractivity contribution is 6.44. The Labute approximate surface area is 140 Å². The van der Waals surface area contributed by atoms with E-state index in [1.165, 1.54) is 33.5 Å². The molecule has 2 aromatic carbocycles. The van der Waals surface area contributed by atoms with E-state index in [9.17, 15) is 9.59 Å². The topological polar surface area (TPSA) is 87.9 Å². The molecule has 0 spiro atoms. The number of rotatable bonds is 7. The number of nitrogen functional groups attached to an aromatic ring is 1. The SMILES string of the molecule is COc1cc(CC(=O)C(=O)c2ccc(N)cc2)cc(OC)c1OC. The maximum Gasteiger partial charge on any atom is 0.228 e. The van der Waals surface area contributed by atoms with Crippen LogP contribution in [0, 0.1) is 0 Å². The molecule has 2 N–H and O–H groups in total. The van der Waals surface area contributed by atoms with E-state index in [0.29, 0.717) is 34.1 Å². The van der Waals surface area contributed by atoms with Crippen LogP contribution in [0.15, 0.2) is 36.4 Å². The zero-order chi connectivity index (χ0) is 17.7. The second kappa shape index (κ2) is 7.50. The van der Waals surface area contributed by atoms with Crippen LogP contribution in [-0.4, -0.2) is 32.9 Å². The number of Topliss-reactive ketones (excluding diaryl/α,β-unsaturated/α-hetero) is 2. The lowest BCUT2D eigenvalue weighted by atomic mass is 10.0. The van der Waals surface area contributed by atoms with Crippen LogP contribution in [0.4, 0.5) is 5.69 Å². The molecule has 0 bridgehead atoms. The number of carbonyl (C=O) groups excluding carboxylic acids is 2. The van der Waals surface area contributed by atoms with Crippen molar-refractivity contribution < 1.29 is 23.8 Å². The second-order valence-corrected chi connectivity index (χ2v) is 5.08. The van der Waals surface area contributed by atoms with Gasteiger partial charge in [0.05, 0.1) is 21.3 Å². The summed E-state index contributed by atoms with van der Waals surface area (Å²) in [6.07, 6.45) is -0.0695. The highest BCUT2D eigenvalue weighted by Crippen LogP contribution is 2.38. The lowest BCUT2D eigenvalue weighted by Crippen LogP contribution is -2.16. The zero-order valence-corrected chi connectivity index (χ0v) is 13.8. The van der Waals surface area contributed by atoms with Crippen molar-refractivity contribution in [1.29, 1.82) is 0 Å². The van der Waals surface area contributed by atoms with Crippen LogP contribution in [0.2, 0.25) is 0 Å². The molecule has 0 heterocycles. The number of nitrogens with two attached hydrogens (primary N) is 1. The highest BCUT2D eigenvalue weighted by atomic mass is 16.5. The van der Waals surface area contributed by atoms with E-state index in [0.717, 1.165) is 0 Å². The molecule has 0 aromatic heterocycles. The van der Waals surface area contributed by atoms with Crippen LogP contribution in [0.5, 0.6) is 17.2 Å². The summed E-state index contributed by atoms with van der Waals surface area (Å²) in [5, 5.41) is 0. The molecule has 2 aromatic rings. The average Bonchev–Trinajstić information content (AvgIpc) is 2.60. The van der Waals surface area contributed by atoms with Gasteiger partial charge in [0.25, 0.3) is 0 Å². The Morgan fingerprint density at radius 3 is 1.92 bits per heavy atom. The summed E-state index contributed by atoms with van der Waals surface area (Å²) >= 11 is 0. The predicted molar refractivity (Wildman–Crippen MR) is 90.0 cm³/mol. The van der Waals surface area contributed by atoms with Crippen LogP contribution < -0.4 is 19.9 Å². The van der Waals surface area contributed by atoms with Crippen molar-refractivity contribution in [2.45, 2.75) is 6.42 Å². The Hall–Kier alpha value is -3.02. The molecule has 0 atom stereocenters. The van der Waals surface area contributed by atoms with Crippen molar-refractivity contribution in [2.75, 3.05) is 27.1 Å². The highest BCUT2D eigenvalue weighted by Gasteiger charge is 2.19. The summed E-state index contributed by atoms with van der Waals surface area (Å²) in [5.74, 6) is 0.193. The molecule has 0 aliphatic carbocycles. The molecular weight excluding hydrogens is 310 g/mol. The van der Waals surface area contributed by atoms with Gasteiger partial charge in [0.1, 0.15) is 0 Å². The number of benzene rings is 2. The third-order valence-electron chi connectivity index (χ3n) is 3.52. The number of hydrogen-bond donors (Lipinski definition) is 1. The van der Waals surface area contributed by atoms with E-state index < -0.39 is 11.6 Å². The van der Waals surface area contributed by atoms with Crippen LogP contribution in [0.3, 0.4) is 0 Å². The maximum absolute atomic E-state index is 12.3. The first-order valence-corrected chi connectivity index (χ1v) is 7.22. The third kappa shape index (κ3) is 3.65. The van der Waals surface area contributed by atoms with Crippen molar-refractivity contribution in [3.8, 4) is 17.2 Å². The molecule has 0 fully saturated rings. The number of carbonyl (C=O) groups is 2. The Balaban J connectivity index is 2.25. The molecule has 0 aliphatic heterocycles. The first kappa shape index (κ1) is 17.3. The second-order valence-electron chi connectivity index (χ2n) is 5.08. The zero-order valence-electron chi connectivity index (χ0n) is 13.8. The standard InChI is InChI=1S/C18H19NO5/c1-22-15-9-11(10-16(23-2)18(15)24-3)8-14(20)17(21)12-4-6-13(19)7-5-12/h4-7,9-10H,8,19H2,1-3H3. The molecule has 0 radical (unpaired) electrons. The average molecular weight is 329 g/mol. The molecule has 0 unspecified atom stereocenters. The molecule has 0 saturated carbocycles. The van der Waals surface area contributed by atoms with Gasteiger partial charge < -0.3 is 19.9 Å². The lowest BCUT2D eigenvalue weighted by Gasteiger charge is -2.13. The van der Waals surface area contributed by atoms with Gasteiger partial charge in [-0.2, -0.15) is 0 Å². The van der Waals surface area contributed by atoms with Gasteiger partial charge in [-0.15, -0.1) is 0 Å². The first-order chi connectivity index (χ1) is 11.5. The van der Waals surface area contributed by atoms with Crippen molar-refractivity contribution in [1.82, 2.24) is 0 Å². The van der Waals surface area contributed by atoms with E-state index in [-0.39, 0.29) is 6.42 Å². The van der Waals surface area contributed by atoms with E-state index in [1.54, 1.807) is 24.3 Å². The molecule has 126 valence electrons. The first-order valence-electron chi connectivity index (χ1n) is 7.22. The van der Waals surface area contributed by atoms with Crippen molar-refractivity contribution in [2.24, 2.45) is 0 Å². The number of anilines is 1. The largest absolute Gasteiger partial charge is 0.493 e. The fraction of sp³-hybridized carbons (Fsp3) is 0.222. The molecule has 24 heavy (non-hydrogen) atoms. The van der Waals surface area contributed by atoms with Crippen LogP contribution in [-0.2, 0) is 11.2 Å². The Bertz CT molecular complexity index is 727. The number of ketones is 2. The van der Waals surface area contributed by atoms with Gasteiger partial charge in [-0.3, -0.25) is 9.59 Å². The van der Waals surface area contributed by atoms with Gasteiger partial charge in [-0.1, -0.05) is 0 Å². The molecule has 6 heteroatoms. The van der Waals surface area contributed by atoms with E-state index in [1.807, 2.05) is 0 Å². The molecular formula is C18H19NO5. The van der Waals surface area contributed by atoms with Gasteiger partial charge in [-0.25, -0.2) is 0 Å². The van der Waals surface area contributed by atoms with Crippen molar-refractivity contribution >= 4 is 17.3 Å². The van der Waals surface area contributed by atoms with E-state index in [4.69, 9.17) is 19.9 Å². The van der Waals surface area contributed by atoms with E-state index in [2.05, 4.69) is 0 Å². The van der Waals surface area contributed by atoms with Gasteiger partial charge in [-0.05, 0) is 42.0 Å². The van der Waals surface area contributed by atoms with Crippen LogP contribution >= 0.6 is 0 Å². The van der Waals surface area contributed by atoms with Crippen molar-refractivity contribution in [3.63, 3.8) is 0 Å². The Morgan fingerprint density at radius 2 is 1.46 bits per heavy atom. The smallest absolute Gasteiger partial charge is 0.228 e. The Morgan fingerprint density at radius 1 is 0.917 bits per heavy atom. The quantitative estimate of drug-likeness (QED) is 0.476. The minimum Gasteiger partial charge on any atom is -0.493 e. The molecule has 0 saturated heterocycles. The molecule has 2 rings (SSSR count). The summed E-state index contributed by atoms with van der Waals surface area (Å²) in [4.78, 5) is 24.5. The fourth-order valence-electron chi connectivity index (χ4n) is 2.30. The maximum atomic E-state index is 12.3. The number of methoxy groups -OCH3 is 3. The molecule has 6 nitrogen and oxygen atoms in total. The van der Waals surface area contributed by atoms with Crippen LogP contribution in [0.25, 0.3) is 0 Å². The summed E-state index contributed by atoms with van der Waals surface area (Å²) in [7, 11) is 4.47. The number of hydrogen-bond acceptors (Lipinski definition) is 6. The van der Waals surface area contributed by atoms with Gasteiger partial charge in [0, 0.05) is 17.7 Å². The fourth-order valence-corrected chi connectivity index (χ4v) is 2.30. The normalized spacial score (nSPS) is 10.1. The minimum absolute atomic E-state index is 0.0695. The summed E-state index contributed by atoms with van der Waals surface area (Å²) in [6, 6.07) is 9.53. The summed E-state index contributed by atoms with van der Waals surface area (Å²) in [5.41, 5.74) is 7.02. The van der Waals surface area contributed by atoms with Gasteiger partial charge >= 0.3 is 0 Å². The summed E-state index contributed by atoms with van der Waals surface area (Å²) in [6.45, 7) is 0. The minimum atomic E-state index is -0.566. The van der Waals surface area contributed by atoms with Gasteiger partial charge in [0.2, 0.25) is 17.3 Å². The van der Waals surface area contributed by atoms with E-state index >= 15 is 0 Å². The summed E-state index contributed by atoms with van der Waals surface area (Å²) < 4.78 is 15.7. The third-order valence-corrected chi connectivity index (χ3v) is 3.52. The number of ether oxygens (including phenoxy) is 3. The van der Waals surface area contributed by atoms with Gasteiger partial charge in [0.15, 0.2) is 11.5 Å².